The van der Waals surface area contributed by atoms with Gasteiger partial charge in [0, 0.05) is 29.9 Å². The van der Waals surface area contributed by atoms with E-state index in [1.54, 1.807) is 10.9 Å². The monoisotopic (exact) mass is 411 g/mol. The molecule has 9 heteroatoms. The van der Waals surface area contributed by atoms with Gasteiger partial charge in [-0.25, -0.2) is 4.68 Å². The first-order chi connectivity index (χ1) is 14.4. The van der Waals surface area contributed by atoms with E-state index in [1.165, 1.54) is 0 Å². The van der Waals surface area contributed by atoms with E-state index < -0.39 is 17.8 Å². The molecule has 2 aromatic carbocycles. The Morgan fingerprint density at radius 3 is 2.33 bits per heavy atom. The summed E-state index contributed by atoms with van der Waals surface area (Å²) in [7, 11) is 0. The summed E-state index contributed by atoms with van der Waals surface area (Å²) in [5.41, 5.74) is 1.67. The molecule has 0 atom stereocenters. The van der Waals surface area contributed by atoms with Gasteiger partial charge in [-0.3, -0.25) is 9.89 Å². The van der Waals surface area contributed by atoms with Crippen molar-refractivity contribution in [3.05, 3.63) is 89.9 Å². The van der Waals surface area contributed by atoms with Crippen LogP contribution in [0.15, 0.2) is 72.9 Å². The van der Waals surface area contributed by atoms with Gasteiger partial charge in [-0.2, -0.15) is 23.4 Å². The molecule has 0 spiro atoms. The minimum absolute atomic E-state index is 0.0735. The number of hydrogen-bond donors (Lipinski definition) is 2. The third-order valence-corrected chi connectivity index (χ3v) is 4.41. The van der Waals surface area contributed by atoms with Gasteiger partial charge in [0.15, 0.2) is 5.69 Å². The molecule has 0 saturated carbocycles. The number of benzene rings is 2. The zero-order valence-corrected chi connectivity index (χ0v) is 15.5. The van der Waals surface area contributed by atoms with Gasteiger partial charge in [-0.1, -0.05) is 48.5 Å². The number of halogens is 3. The minimum Gasteiger partial charge on any atom is -0.346 e. The van der Waals surface area contributed by atoms with Crippen molar-refractivity contribution < 1.29 is 18.0 Å². The molecule has 0 aliphatic rings. The van der Waals surface area contributed by atoms with Gasteiger partial charge in [0.05, 0.1) is 11.4 Å². The van der Waals surface area contributed by atoms with Gasteiger partial charge in [-0.15, -0.1) is 0 Å². The van der Waals surface area contributed by atoms with Crippen LogP contribution in [0.5, 0.6) is 0 Å². The van der Waals surface area contributed by atoms with E-state index >= 15 is 0 Å². The van der Waals surface area contributed by atoms with Crippen LogP contribution in [0.1, 0.15) is 21.7 Å². The van der Waals surface area contributed by atoms with Crippen molar-refractivity contribution in [2.24, 2.45) is 0 Å². The Kier molecular flexibility index (Phi) is 5.09. The predicted octanol–water partition coefficient (Wildman–Crippen LogP) is 4.21. The van der Waals surface area contributed by atoms with Crippen molar-refractivity contribution in [2.45, 2.75) is 12.7 Å². The molecule has 4 rings (SSSR count). The molecule has 4 aromatic rings. The summed E-state index contributed by atoms with van der Waals surface area (Å²) < 4.78 is 39.8. The summed E-state index contributed by atoms with van der Waals surface area (Å²) in [6, 6.07) is 19.6. The zero-order chi connectivity index (χ0) is 21.1. The van der Waals surface area contributed by atoms with E-state index in [1.807, 2.05) is 65.8 Å². The fourth-order valence-corrected chi connectivity index (χ4v) is 2.94. The zero-order valence-electron chi connectivity index (χ0n) is 15.5. The van der Waals surface area contributed by atoms with Crippen LogP contribution < -0.4 is 5.32 Å². The molecular weight excluding hydrogens is 395 g/mol. The third-order valence-electron chi connectivity index (χ3n) is 4.41. The van der Waals surface area contributed by atoms with Crippen LogP contribution in [0.25, 0.3) is 16.9 Å². The smallest absolute Gasteiger partial charge is 0.346 e. The van der Waals surface area contributed by atoms with E-state index in [2.05, 4.69) is 15.5 Å². The Morgan fingerprint density at radius 2 is 1.70 bits per heavy atom. The van der Waals surface area contributed by atoms with Crippen LogP contribution in [0, 0.1) is 0 Å². The normalized spacial score (nSPS) is 11.4. The molecular formula is C21H16F3N5O. The van der Waals surface area contributed by atoms with Crippen molar-refractivity contribution in [3.8, 4) is 16.9 Å². The molecule has 0 aliphatic heterocycles. The van der Waals surface area contributed by atoms with Crippen molar-refractivity contribution in [3.63, 3.8) is 0 Å². The number of nitrogens with one attached hydrogen (secondary N) is 2. The molecule has 0 unspecified atom stereocenters. The molecule has 0 bridgehead atoms. The third kappa shape index (κ3) is 4.09. The Balaban J connectivity index is 1.59. The summed E-state index contributed by atoms with van der Waals surface area (Å²) in [5.74, 6) is -0.715. The number of hydrogen-bond acceptors (Lipinski definition) is 3. The first-order valence-corrected chi connectivity index (χ1v) is 9.02. The minimum atomic E-state index is -4.59. The largest absolute Gasteiger partial charge is 0.432 e. The summed E-state index contributed by atoms with van der Waals surface area (Å²) in [5, 5.41) is 12.5. The Morgan fingerprint density at radius 1 is 1.03 bits per heavy atom. The Hall–Kier alpha value is -3.88. The molecule has 152 valence electrons. The summed E-state index contributed by atoms with van der Waals surface area (Å²) in [6.07, 6.45) is -2.81. The maximum absolute atomic E-state index is 12.7. The number of aromatic amines is 1. The summed E-state index contributed by atoms with van der Waals surface area (Å²) in [4.78, 5) is 12.3. The molecule has 0 fully saturated rings. The van der Waals surface area contributed by atoms with Crippen LogP contribution in [-0.2, 0) is 12.7 Å². The Labute approximate surface area is 169 Å². The molecule has 0 radical (unpaired) electrons. The highest BCUT2D eigenvalue weighted by atomic mass is 19.4. The Bertz CT molecular complexity index is 1150. The molecule has 2 aromatic heterocycles. The topological polar surface area (TPSA) is 75.6 Å². The predicted molar refractivity (Wildman–Crippen MR) is 104 cm³/mol. The number of rotatable bonds is 5. The molecule has 0 aliphatic carbocycles. The van der Waals surface area contributed by atoms with Crippen LogP contribution >= 0.6 is 0 Å². The lowest BCUT2D eigenvalue weighted by Gasteiger charge is -2.04. The average Bonchev–Trinajstić information content (AvgIpc) is 3.41. The second kappa shape index (κ2) is 7.86. The quantitative estimate of drug-likeness (QED) is 0.517. The van der Waals surface area contributed by atoms with Gasteiger partial charge >= 0.3 is 6.18 Å². The molecule has 2 N–H and O–H groups in total. The molecule has 2 heterocycles. The van der Waals surface area contributed by atoms with Crippen molar-refractivity contribution >= 4 is 5.91 Å². The van der Waals surface area contributed by atoms with E-state index in [0.29, 0.717) is 17.3 Å². The molecule has 1 amide bonds. The van der Waals surface area contributed by atoms with Crippen molar-refractivity contribution in [2.75, 3.05) is 0 Å². The van der Waals surface area contributed by atoms with E-state index in [4.69, 9.17) is 0 Å². The standard InChI is InChI=1S/C21H16F3N5O/c22-21(23,24)18-11-17(26-27-18)20(30)25-12-15-13-29(16-9-5-2-6-10-16)28-19(15)14-7-3-1-4-8-14/h1-11,13H,12H2,(H,25,30)(H,26,27). The summed E-state index contributed by atoms with van der Waals surface area (Å²) >= 11 is 0. The molecule has 0 saturated heterocycles. The molecule has 6 nitrogen and oxygen atoms in total. The van der Waals surface area contributed by atoms with Gasteiger partial charge in [0.2, 0.25) is 0 Å². The van der Waals surface area contributed by atoms with Gasteiger partial charge in [0.25, 0.3) is 5.91 Å². The first kappa shape index (κ1) is 19.4. The number of nitrogens with zero attached hydrogens (tertiary/aromatic N) is 3. The average molecular weight is 411 g/mol. The van der Waals surface area contributed by atoms with E-state index in [0.717, 1.165) is 11.3 Å². The lowest BCUT2D eigenvalue weighted by Crippen LogP contribution is -2.23. The van der Waals surface area contributed by atoms with Gasteiger partial charge in [-0.05, 0) is 12.1 Å². The summed E-state index contributed by atoms with van der Waals surface area (Å²) in [6.45, 7) is 0.0735. The number of aromatic nitrogens is 4. The van der Waals surface area contributed by atoms with Crippen LogP contribution in [0.2, 0.25) is 0 Å². The number of carbonyl (C=O) groups is 1. The first-order valence-electron chi connectivity index (χ1n) is 9.02. The SMILES string of the molecule is O=C(NCc1cn(-c2ccccc2)nc1-c1ccccc1)c1cc(C(F)(F)F)[nH]n1. The maximum atomic E-state index is 12.7. The van der Waals surface area contributed by atoms with Crippen LogP contribution in [0.3, 0.4) is 0 Å². The fraction of sp³-hybridized carbons (Fsp3) is 0.0952. The number of amides is 1. The number of carbonyl (C=O) groups excluding carboxylic acids is 1. The van der Waals surface area contributed by atoms with E-state index in [9.17, 15) is 18.0 Å². The van der Waals surface area contributed by atoms with E-state index in [-0.39, 0.29) is 12.2 Å². The second-order valence-corrected chi connectivity index (χ2v) is 6.50. The van der Waals surface area contributed by atoms with Crippen molar-refractivity contribution in [1.82, 2.24) is 25.3 Å². The second-order valence-electron chi connectivity index (χ2n) is 6.50. The van der Waals surface area contributed by atoms with Crippen LogP contribution in [-0.4, -0.2) is 25.9 Å². The van der Waals surface area contributed by atoms with Gasteiger partial charge in [0.1, 0.15) is 5.69 Å². The lowest BCUT2D eigenvalue weighted by molar-refractivity contribution is -0.141. The van der Waals surface area contributed by atoms with Gasteiger partial charge < -0.3 is 5.32 Å². The number of para-hydroxylation sites is 1. The van der Waals surface area contributed by atoms with Crippen LogP contribution in [0.4, 0.5) is 13.2 Å². The highest BCUT2D eigenvalue weighted by molar-refractivity contribution is 5.92. The molecule has 30 heavy (non-hydrogen) atoms. The fourth-order valence-electron chi connectivity index (χ4n) is 2.94. The lowest BCUT2D eigenvalue weighted by atomic mass is 10.1. The highest BCUT2D eigenvalue weighted by Gasteiger charge is 2.33. The van der Waals surface area contributed by atoms with Crippen molar-refractivity contribution in [1.29, 1.82) is 0 Å². The highest BCUT2D eigenvalue weighted by Crippen LogP contribution is 2.28. The maximum Gasteiger partial charge on any atom is 0.432 e. The number of H-pyrrole nitrogens is 1. The number of alkyl halides is 3.